The van der Waals surface area contributed by atoms with Crippen molar-refractivity contribution in [3.05, 3.63) is 24.0 Å². The third-order valence-corrected chi connectivity index (χ3v) is 3.86. The van der Waals surface area contributed by atoms with E-state index in [4.69, 9.17) is 4.74 Å². The number of methoxy groups -OCH3 is 1. The van der Waals surface area contributed by atoms with Gasteiger partial charge in [-0.25, -0.2) is 0 Å². The Bertz CT molecular complexity index is 392. The summed E-state index contributed by atoms with van der Waals surface area (Å²) in [7, 11) is 1.78. The Morgan fingerprint density at radius 1 is 1.53 bits per heavy atom. The van der Waals surface area contributed by atoms with Gasteiger partial charge in [-0.1, -0.05) is 0 Å². The van der Waals surface area contributed by atoms with Crippen LogP contribution in [-0.4, -0.2) is 44.4 Å². The molecule has 4 nitrogen and oxygen atoms in total. The smallest absolute Gasteiger partial charge is 0.0666 e. The zero-order chi connectivity index (χ0) is 11.7. The van der Waals surface area contributed by atoms with E-state index in [9.17, 15) is 0 Å². The fraction of sp³-hybridized carbons (Fsp3) is 0.615. The monoisotopic (exact) mass is 233 g/mol. The van der Waals surface area contributed by atoms with Gasteiger partial charge in [0.05, 0.1) is 12.6 Å². The van der Waals surface area contributed by atoms with E-state index in [1.165, 1.54) is 17.7 Å². The maximum atomic E-state index is 5.27. The first kappa shape index (κ1) is 11.0. The fourth-order valence-electron chi connectivity index (χ4n) is 2.61. The molecule has 2 aliphatic heterocycles. The van der Waals surface area contributed by atoms with Crippen LogP contribution in [0.15, 0.2) is 18.5 Å². The first-order chi connectivity index (χ1) is 8.40. The molecule has 17 heavy (non-hydrogen) atoms. The quantitative estimate of drug-likeness (QED) is 0.841. The second kappa shape index (κ2) is 4.63. The highest BCUT2D eigenvalue weighted by Crippen LogP contribution is 2.34. The van der Waals surface area contributed by atoms with Crippen LogP contribution in [0.5, 0.6) is 0 Å². The average molecular weight is 233 g/mol. The number of hydrogen-bond donors (Lipinski definition) is 1. The van der Waals surface area contributed by atoms with Crippen molar-refractivity contribution in [2.75, 3.05) is 38.3 Å². The van der Waals surface area contributed by atoms with Gasteiger partial charge in [0.2, 0.25) is 0 Å². The number of pyridine rings is 1. The van der Waals surface area contributed by atoms with Gasteiger partial charge in [0, 0.05) is 50.7 Å². The lowest BCUT2D eigenvalue weighted by Gasteiger charge is -2.44. The molecule has 0 unspecified atom stereocenters. The molecule has 2 aliphatic rings. The Hall–Kier alpha value is -1.13. The van der Waals surface area contributed by atoms with Crippen LogP contribution in [0, 0.1) is 0 Å². The maximum Gasteiger partial charge on any atom is 0.0666 e. The summed E-state index contributed by atoms with van der Waals surface area (Å²) in [5.41, 5.74) is 2.76. The largest absolute Gasteiger partial charge is 0.383 e. The summed E-state index contributed by atoms with van der Waals surface area (Å²) in [6.45, 7) is 4.14. The van der Waals surface area contributed by atoms with Crippen molar-refractivity contribution in [3.63, 3.8) is 0 Å². The molecule has 1 aromatic rings. The Morgan fingerprint density at radius 2 is 2.41 bits per heavy atom. The van der Waals surface area contributed by atoms with Crippen molar-refractivity contribution in [1.82, 2.24) is 10.3 Å². The van der Waals surface area contributed by atoms with Crippen LogP contribution >= 0.6 is 0 Å². The highest BCUT2D eigenvalue weighted by atomic mass is 16.5. The Labute approximate surface area is 102 Å². The molecule has 1 N–H and O–H groups in total. The third-order valence-electron chi connectivity index (χ3n) is 3.86. The summed E-state index contributed by atoms with van der Waals surface area (Å²) in [6, 6.07) is 2.70. The van der Waals surface area contributed by atoms with Crippen LogP contribution in [0.2, 0.25) is 0 Å². The highest BCUT2D eigenvalue weighted by Gasteiger charge is 2.32. The maximum absolute atomic E-state index is 5.27. The van der Waals surface area contributed by atoms with Gasteiger partial charge in [-0.3, -0.25) is 4.98 Å². The highest BCUT2D eigenvalue weighted by molar-refractivity contribution is 5.57. The number of nitrogens with zero attached hydrogens (tertiary/aromatic N) is 2. The van der Waals surface area contributed by atoms with Crippen molar-refractivity contribution in [3.8, 4) is 0 Å². The molecule has 0 bridgehead atoms. The first-order valence-corrected chi connectivity index (χ1v) is 6.30. The fourth-order valence-corrected chi connectivity index (χ4v) is 2.61. The number of nitrogens with one attached hydrogen (secondary N) is 1. The second-order valence-corrected chi connectivity index (χ2v) is 4.88. The predicted molar refractivity (Wildman–Crippen MR) is 67.5 cm³/mol. The van der Waals surface area contributed by atoms with Gasteiger partial charge in [0.1, 0.15) is 0 Å². The van der Waals surface area contributed by atoms with E-state index in [1.807, 2.05) is 12.4 Å². The van der Waals surface area contributed by atoms with E-state index in [0.717, 1.165) is 26.2 Å². The van der Waals surface area contributed by atoms with E-state index in [2.05, 4.69) is 21.3 Å². The molecule has 0 saturated carbocycles. The van der Waals surface area contributed by atoms with Gasteiger partial charge in [0.15, 0.2) is 0 Å². The standard InChI is InChI=1S/C13H19N3O/c1-17-9-11-3-5-16(11)13-2-4-14-8-12(13)10-6-15-7-10/h2,4,8,10-11,15H,3,5-7,9H2,1H3/t11-/m0/s1. The molecule has 1 aromatic heterocycles. The zero-order valence-corrected chi connectivity index (χ0v) is 10.2. The summed E-state index contributed by atoms with van der Waals surface area (Å²) in [6.07, 6.45) is 5.16. The van der Waals surface area contributed by atoms with Gasteiger partial charge in [-0.05, 0) is 18.1 Å². The molecule has 0 aromatic carbocycles. The van der Waals surface area contributed by atoms with Crippen LogP contribution in [0.1, 0.15) is 17.9 Å². The molecule has 0 aliphatic carbocycles. The van der Waals surface area contributed by atoms with Gasteiger partial charge in [-0.2, -0.15) is 0 Å². The molecule has 92 valence electrons. The van der Waals surface area contributed by atoms with E-state index >= 15 is 0 Å². The van der Waals surface area contributed by atoms with E-state index in [0.29, 0.717) is 12.0 Å². The number of ether oxygens (including phenoxy) is 1. The molecular weight excluding hydrogens is 214 g/mol. The van der Waals surface area contributed by atoms with Crippen LogP contribution in [0.4, 0.5) is 5.69 Å². The Balaban J connectivity index is 1.81. The number of hydrogen-bond acceptors (Lipinski definition) is 4. The molecular formula is C13H19N3O. The lowest BCUT2D eigenvalue weighted by molar-refractivity contribution is 0.156. The molecule has 4 heteroatoms. The normalized spacial score (nSPS) is 24.3. The summed E-state index contributed by atoms with van der Waals surface area (Å²) < 4.78 is 5.27. The molecule has 0 spiro atoms. The van der Waals surface area contributed by atoms with Crippen LogP contribution in [0.3, 0.4) is 0 Å². The van der Waals surface area contributed by atoms with Crippen LogP contribution in [-0.2, 0) is 4.74 Å². The summed E-state index contributed by atoms with van der Waals surface area (Å²) in [5, 5.41) is 3.33. The molecule has 1 atom stereocenters. The van der Waals surface area contributed by atoms with Crippen molar-refractivity contribution in [1.29, 1.82) is 0 Å². The topological polar surface area (TPSA) is 37.4 Å². The molecule has 3 rings (SSSR count). The van der Waals surface area contributed by atoms with Gasteiger partial charge >= 0.3 is 0 Å². The summed E-state index contributed by atoms with van der Waals surface area (Å²) in [5.74, 6) is 0.641. The average Bonchev–Trinajstić information content (AvgIpc) is 2.25. The predicted octanol–water partition coefficient (Wildman–Crippen LogP) is 0.994. The van der Waals surface area contributed by atoms with Gasteiger partial charge in [0.25, 0.3) is 0 Å². The van der Waals surface area contributed by atoms with Crippen LogP contribution < -0.4 is 10.2 Å². The second-order valence-electron chi connectivity index (χ2n) is 4.88. The van der Waals surface area contributed by atoms with Crippen molar-refractivity contribution >= 4 is 5.69 Å². The summed E-state index contributed by atoms with van der Waals surface area (Å²) in [4.78, 5) is 6.73. The third kappa shape index (κ3) is 1.91. The molecule has 2 saturated heterocycles. The lowest BCUT2D eigenvalue weighted by atomic mass is 9.91. The van der Waals surface area contributed by atoms with Crippen molar-refractivity contribution < 1.29 is 4.74 Å². The molecule has 0 radical (unpaired) electrons. The molecule has 0 amide bonds. The Kier molecular flexibility index (Phi) is 2.99. The minimum atomic E-state index is 0.550. The van der Waals surface area contributed by atoms with E-state index in [1.54, 1.807) is 7.11 Å². The van der Waals surface area contributed by atoms with E-state index < -0.39 is 0 Å². The minimum Gasteiger partial charge on any atom is -0.383 e. The van der Waals surface area contributed by atoms with Crippen molar-refractivity contribution in [2.45, 2.75) is 18.4 Å². The van der Waals surface area contributed by atoms with E-state index in [-0.39, 0.29) is 0 Å². The van der Waals surface area contributed by atoms with Gasteiger partial charge in [-0.15, -0.1) is 0 Å². The van der Waals surface area contributed by atoms with Gasteiger partial charge < -0.3 is 15.0 Å². The minimum absolute atomic E-state index is 0.550. The lowest BCUT2D eigenvalue weighted by Crippen LogP contribution is -2.51. The number of rotatable bonds is 4. The molecule has 2 fully saturated rings. The molecule has 3 heterocycles. The van der Waals surface area contributed by atoms with Crippen molar-refractivity contribution in [2.24, 2.45) is 0 Å². The zero-order valence-electron chi connectivity index (χ0n) is 10.2. The van der Waals surface area contributed by atoms with Crippen LogP contribution in [0.25, 0.3) is 0 Å². The number of aromatic nitrogens is 1. The Morgan fingerprint density at radius 3 is 3.00 bits per heavy atom. The SMILES string of the molecule is COC[C@@H]1CCN1c1ccncc1C1CNC1. The number of anilines is 1. The summed E-state index contributed by atoms with van der Waals surface area (Å²) >= 11 is 0. The first-order valence-electron chi connectivity index (χ1n) is 6.30.